The molecule has 1 aliphatic rings. The van der Waals surface area contributed by atoms with Crippen LogP contribution in [0.1, 0.15) is 29.8 Å². The molecule has 1 aliphatic heterocycles. The fraction of sp³-hybridized carbons (Fsp3) is 0.400. The number of benzene rings is 1. The Bertz CT molecular complexity index is 732. The maximum atomic E-state index is 12.4. The number of carbonyl (C=O) groups is 1. The quantitative estimate of drug-likeness (QED) is 0.925. The molecule has 2 heterocycles. The molecule has 21 heavy (non-hydrogen) atoms. The Hall–Kier alpha value is -2.21. The number of carboxylic acid groups (broad SMARTS) is 1. The molecule has 6 heteroatoms. The zero-order valence-electron chi connectivity index (χ0n) is 11.5. The van der Waals surface area contributed by atoms with E-state index in [1.165, 1.54) is 4.68 Å². The Morgan fingerprint density at radius 2 is 2.14 bits per heavy atom. The van der Waals surface area contributed by atoms with Crippen LogP contribution in [-0.2, 0) is 11.3 Å². The standard InChI is InChI=1S/C15H16N2O4/c18-14-12-6-2-1-5-11(12)13(15(19)20)16-17(14)8-7-10-4-3-9-21-10/h1-2,5-6,10H,3-4,7-9H2,(H,19,20). The van der Waals surface area contributed by atoms with Gasteiger partial charge in [0.2, 0.25) is 0 Å². The Morgan fingerprint density at radius 3 is 2.81 bits per heavy atom. The minimum absolute atomic E-state index is 0.0856. The Kier molecular flexibility index (Phi) is 3.70. The van der Waals surface area contributed by atoms with Crippen LogP contribution in [0, 0.1) is 0 Å². The third-order valence-corrected chi connectivity index (χ3v) is 3.76. The van der Waals surface area contributed by atoms with E-state index in [-0.39, 0.29) is 17.4 Å². The van der Waals surface area contributed by atoms with Gasteiger partial charge in [-0.2, -0.15) is 5.10 Å². The molecule has 1 unspecified atom stereocenters. The summed E-state index contributed by atoms with van der Waals surface area (Å²) in [5.41, 5.74) is -0.342. The molecule has 0 saturated carbocycles. The van der Waals surface area contributed by atoms with Crippen molar-refractivity contribution in [1.29, 1.82) is 0 Å². The number of carboxylic acids is 1. The number of aromatic carboxylic acids is 1. The van der Waals surface area contributed by atoms with E-state index in [0.717, 1.165) is 19.4 Å². The maximum absolute atomic E-state index is 12.4. The number of nitrogens with zero attached hydrogens (tertiary/aromatic N) is 2. The van der Waals surface area contributed by atoms with Gasteiger partial charge in [0.25, 0.3) is 5.56 Å². The molecule has 1 saturated heterocycles. The molecule has 0 bridgehead atoms. The van der Waals surface area contributed by atoms with Gasteiger partial charge in [-0.15, -0.1) is 0 Å². The van der Waals surface area contributed by atoms with E-state index >= 15 is 0 Å². The van der Waals surface area contributed by atoms with Crippen molar-refractivity contribution >= 4 is 16.7 Å². The highest BCUT2D eigenvalue weighted by Crippen LogP contribution is 2.17. The summed E-state index contributed by atoms with van der Waals surface area (Å²) in [6.07, 6.45) is 2.82. The van der Waals surface area contributed by atoms with Gasteiger partial charge in [0.05, 0.1) is 11.5 Å². The first-order valence-electron chi connectivity index (χ1n) is 7.01. The van der Waals surface area contributed by atoms with Gasteiger partial charge in [-0.05, 0) is 25.3 Å². The normalized spacial score (nSPS) is 18.2. The van der Waals surface area contributed by atoms with Crippen molar-refractivity contribution in [3.8, 4) is 0 Å². The molecular formula is C15H16N2O4. The number of aryl methyl sites for hydroxylation is 1. The number of rotatable bonds is 4. The minimum atomic E-state index is -1.13. The van der Waals surface area contributed by atoms with E-state index < -0.39 is 5.97 Å². The fourth-order valence-corrected chi connectivity index (χ4v) is 2.68. The first-order valence-corrected chi connectivity index (χ1v) is 7.01. The highest BCUT2D eigenvalue weighted by molar-refractivity contribution is 6.01. The first-order chi connectivity index (χ1) is 10.2. The predicted octanol–water partition coefficient (Wildman–Crippen LogP) is 1.66. The van der Waals surface area contributed by atoms with Crippen molar-refractivity contribution < 1.29 is 14.6 Å². The fourth-order valence-electron chi connectivity index (χ4n) is 2.68. The summed E-state index contributed by atoms with van der Waals surface area (Å²) >= 11 is 0. The molecule has 2 aromatic rings. The third-order valence-electron chi connectivity index (χ3n) is 3.76. The van der Waals surface area contributed by atoms with Gasteiger partial charge in [-0.3, -0.25) is 4.79 Å². The van der Waals surface area contributed by atoms with Crippen molar-refractivity contribution in [2.24, 2.45) is 0 Å². The van der Waals surface area contributed by atoms with Gasteiger partial charge >= 0.3 is 5.97 Å². The largest absolute Gasteiger partial charge is 0.476 e. The van der Waals surface area contributed by atoms with Crippen molar-refractivity contribution in [3.05, 3.63) is 40.3 Å². The average Bonchev–Trinajstić information content (AvgIpc) is 3.00. The molecule has 1 fully saturated rings. The molecule has 1 aromatic carbocycles. The molecule has 110 valence electrons. The lowest BCUT2D eigenvalue weighted by Gasteiger charge is -2.11. The van der Waals surface area contributed by atoms with Crippen LogP contribution in [-0.4, -0.2) is 33.6 Å². The van der Waals surface area contributed by atoms with Crippen LogP contribution in [0.4, 0.5) is 0 Å². The Balaban J connectivity index is 1.99. The molecule has 3 rings (SSSR count). The van der Waals surface area contributed by atoms with Crippen LogP contribution in [0.25, 0.3) is 10.8 Å². The number of hydrogen-bond donors (Lipinski definition) is 1. The summed E-state index contributed by atoms with van der Waals surface area (Å²) in [5.74, 6) is -1.13. The topological polar surface area (TPSA) is 81.4 Å². The Morgan fingerprint density at radius 1 is 1.38 bits per heavy atom. The summed E-state index contributed by atoms with van der Waals surface area (Å²) in [5, 5.41) is 14.0. The maximum Gasteiger partial charge on any atom is 0.357 e. The van der Waals surface area contributed by atoms with E-state index in [2.05, 4.69) is 5.10 Å². The summed E-state index contributed by atoms with van der Waals surface area (Å²) in [6, 6.07) is 6.67. The van der Waals surface area contributed by atoms with Crippen LogP contribution in [0.15, 0.2) is 29.1 Å². The van der Waals surface area contributed by atoms with Crippen LogP contribution >= 0.6 is 0 Å². The van der Waals surface area contributed by atoms with Gasteiger partial charge in [0.1, 0.15) is 0 Å². The summed E-state index contributed by atoms with van der Waals surface area (Å²) < 4.78 is 6.76. The van der Waals surface area contributed by atoms with Gasteiger partial charge in [0, 0.05) is 18.5 Å². The van der Waals surface area contributed by atoms with Crippen molar-refractivity contribution in [2.45, 2.75) is 31.9 Å². The average molecular weight is 288 g/mol. The van der Waals surface area contributed by atoms with E-state index in [9.17, 15) is 14.7 Å². The molecule has 0 radical (unpaired) electrons. The molecule has 0 amide bonds. The second-order valence-electron chi connectivity index (χ2n) is 5.15. The van der Waals surface area contributed by atoms with Crippen LogP contribution in [0.5, 0.6) is 0 Å². The molecule has 0 aliphatic carbocycles. The van der Waals surface area contributed by atoms with Gasteiger partial charge in [0.15, 0.2) is 5.69 Å². The molecule has 1 aromatic heterocycles. The van der Waals surface area contributed by atoms with E-state index in [4.69, 9.17) is 4.74 Å². The lowest BCUT2D eigenvalue weighted by atomic mass is 10.1. The van der Waals surface area contributed by atoms with Crippen molar-refractivity contribution in [2.75, 3.05) is 6.61 Å². The second-order valence-corrected chi connectivity index (χ2v) is 5.15. The van der Waals surface area contributed by atoms with Gasteiger partial charge in [-0.25, -0.2) is 9.48 Å². The van der Waals surface area contributed by atoms with Gasteiger partial charge in [-0.1, -0.05) is 18.2 Å². The second kappa shape index (κ2) is 5.65. The minimum Gasteiger partial charge on any atom is -0.476 e. The highest BCUT2D eigenvalue weighted by atomic mass is 16.5. The lowest BCUT2D eigenvalue weighted by molar-refractivity contribution is 0.0689. The number of aromatic nitrogens is 2. The predicted molar refractivity (Wildman–Crippen MR) is 76.6 cm³/mol. The third kappa shape index (κ3) is 2.67. The molecule has 1 atom stereocenters. The molecule has 0 spiro atoms. The lowest BCUT2D eigenvalue weighted by Crippen LogP contribution is -2.27. The monoisotopic (exact) mass is 288 g/mol. The Labute approximate surface area is 121 Å². The van der Waals surface area contributed by atoms with Crippen molar-refractivity contribution in [3.63, 3.8) is 0 Å². The number of ether oxygens (including phenoxy) is 1. The van der Waals surface area contributed by atoms with Crippen molar-refractivity contribution in [1.82, 2.24) is 9.78 Å². The molecule has 6 nitrogen and oxygen atoms in total. The zero-order chi connectivity index (χ0) is 14.8. The smallest absolute Gasteiger partial charge is 0.357 e. The van der Waals surface area contributed by atoms with Crippen LogP contribution < -0.4 is 5.56 Å². The molecule has 1 N–H and O–H groups in total. The zero-order valence-corrected chi connectivity index (χ0v) is 11.5. The molecular weight excluding hydrogens is 272 g/mol. The van der Waals surface area contributed by atoms with E-state index in [1.54, 1.807) is 24.3 Å². The van der Waals surface area contributed by atoms with E-state index in [0.29, 0.717) is 23.7 Å². The van der Waals surface area contributed by atoms with Crippen LogP contribution in [0.3, 0.4) is 0 Å². The summed E-state index contributed by atoms with van der Waals surface area (Å²) in [7, 11) is 0. The number of fused-ring (bicyclic) bond motifs is 1. The highest BCUT2D eigenvalue weighted by Gasteiger charge is 2.18. The summed E-state index contributed by atoms with van der Waals surface area (Å²) in [6.45, 7) is 1.12. The van der Waals surface area contributed by atoms with Gasteiger partial charge < -0.3 is 9.84 Å². The van der Waals surface area contributed by atoms with Crippen LogP contribution in [0.2, 0.25) is 0 Å². The SMILES string of the molecule is O=C(O)c1nn(CCC2CCCO2)c(=O)c2ccccc12. The first kappa shape index (κ1) is 13.8. The van der Waals surface area contributed by atoms with E-state index in [1.807, 2.05) is 0 Å². The summed E-state index contributed by atoms with van der Waals surface area (Å²) in [4.78, 5) is 23.7. The number of hydrogen-bond acceptors (Lipinski definition) is 4.